The molecule has 5 heteroatoms. The van der Waals surface area contributed by atoms with Crippen LogP contribution >= 0.6 is 15.9 Å². The van der Waals surface area contributed by atoms with E-state index >= 15 is 0 Å². The molecule has 0 aromatic carbocycles. The van der Waals surface area contributed by atoms with Gasteiger partial charge in [-0.1, -0.05) is 0 Å². The quantitative estimate of drug-likeness (QED) is 0.919. The lowest BCUT2D eigenvalue weighted by Gasteiger charge is -2.05. The summed E-state index contributed by atoms with van der Waals surface area (Å²) in [5.41, 5.74) is 1.07. The molecule has 2 aromatic heterocycles. The molecular weight excluding hydrogens is 258 g/mol. The van der Waals surface area contributed by atoms with Gasteiger partial charge < -0.3 is 9.67 Å². The summed E-state index contributed by atoms with van der Waals surface area (Å²) in [6.45, 7) is 0.622. The number of rotatable bonds is 3. The van der Waals surface area contributed by atoms with Gasteiger partial charge in [-0.25, -0.2) is 4.98 Å². The lowest BCUT2D eigenvalue weighted by molar-refractivity contribution is 0.266. The first-order valence-electron chi connectivity index (χ1n) is 4.50. The van der Waals surface area contributed by atoms with E-state index in [1.807, 2.05) is 16.8 Å². The lowest BCUT2D eigenvalue weighted by Crippen LogP contribution is -2.04. The molecule has 0 saturated carbocycles. The van der Waals surface area contributed by atoms with Crippen molar-refractivity contribution < 1.29 is 5.11 Å². The van der Waals surface area contributed by atoms with Gasteiger partial charge >= 0.3 is 0 Å². The van der Waals surface area contributed by atoms with E-state index in [9.17, 15) is 0 Å². The largest absolute Gasteiger partial charge is 0.388 e. The fourth-order valence-corrected chi connectivity index (χ4v) is 1.79. The highest BCUT2D eigenvalue weighted by Gasteiger charge is 2.02. The van der Waals surface area contributed by atoms with Gasteiger partial charge in [0.25, 0.3) is 0 Å². The van der Waals surface area contributed by atoms with Crippen molar-refractivity contribution in [2.24, 2.45) is 0 Å². The van der Waals surface area contributed by atoms with Crippen LogP contribution in [0, 0.1) is 0 Å². The predicted molar refractivity (Wildman–Crippen MR) is 59.2 cm³/mol. The number of pyridine rings is 1. The molecule has 0 aliphatic carbocycles. The molecule has 0 aliphatic rings. The Balaban J connectivity index is 2.22. The normalized spacial score (nSPS) is 10.5. The summed E-state index contributed by atoms with van der Waals surface area (Å²) in [6, 6.07) is 1.99. The zero-order chi connectivity index (χ0) is 10.7. The SMILES string of the molecule is OCc1nccn1Cc1cncc(Br)c1. The molecule has 15 heavy (non-hydrogen) atoms. The third kappa shape index (κ3) is 2.43. The Morgan fingerprint density at radius 1 is 1.40 bits per heavy atom. The van der Waals surface area contributed by atoms with Crippen LogP contribution in [0.2, 0.25) is 0 Å². The zero-order valence-electron chi connectivity index (χ0n) is 7.97. The number of nitrogens with zero attached hydrogens (tertiary/aromatic N) is 3. The van der Waals surface area contributed by atoms with Crippen molar-refractivity contribution in [3.63, 3.8) is 0 Å². The number of halogens is 1. The van der Waals surface area contributed by atoms with Crippen LogP contribution in [-0.4, -0.2) is 19.6 Å². The summed E-state index contributed by atoms with van der Waals surface area (Å²) < 4.78 is 2.84. The maximum absolute atomic E-state index is 9.03. The van der Waals surface area contributed by atoms with E-state index in [1.54, 1.807) is 18.6 Å². The monoisotopic (exact) mass is 267 g/mol. The van der Waals surface area contributed by atoms with Gasteiger partial charge in [-0.2, -0.15) is 0 Å². The van der Waals surface area contributed by atoms with Gasteiger partial charge in [0.2, 0.25) is 0 Å². The minimum Gasteiger partial charge on any atom is -0.388 e. The second-order valence-electron chi connectivity index (χ2n) is 3.14. The molecule has 0 unspecified atom stereocenters. The molecule has 1 N–H and O–H groups in total. The molecule has 0 spiro atoms. The number of aromatic nitrogens is 3. The Morgan fingerprint density at radius 3 is 3.00 bits per heavy atom. The summed E-state index contributed by atoms with van der Waals surface area (Å²) in [7, 11) is 0. The molecule has 78 valence electrons. The molecule has 0 aliphatic heterocycles. The number of hydrogen-bond donors (Lipinski definition) is 1. The fraction of sp³-hybridized carbons (Fsp3) is 0.200. The molecule has 2 rings (SSSR count). The van der Waals surface area contributed by atoms with Gasteiger partial charge in [0.1, 0.15) is 12.4 Å². The third-order valence-electron chi connectivity index (χ3n) is 2.06. The first-order valence-corrected chi connectivity index (χ1v) is 5.29. The second kappa shape index (κ2) is 4.55. The summed E-state index contributed by atoms with van der Waals surface area (Å²) >= 11 is 3.37. The fourth-order valence-electron chi connectivity index (χ4n) is 1.37. The number of imidazole rings is 1. The summed E-state index contributed by atoms with van der Waals surface area (Å²) in [5.74, 6) is 0.662. The van der Waals surface area contributed by atoms with Gasteiger partial charge in [0.05, 0.1) is 6.54 Å². The van der Waals surface area contributed by atoms with Crippen LogP contribution in [0.5, 0.6) is 0 Å². The van der Waals surface area contributed by atoms with Crippen molar-refractivity contribution in [2.45, 2.75) is 13.2 Å². The number of hydrogen-bond acceptors (Lipinski definition) is 3. The van der Waals surface area contributed by atoms with E-state index in [-0.39, 0.29) is 6.61 Å². The topological polar surface area (TPSA) is 50.9 Å². The minimum absolute atomic E-state index is 0.0472. The van der Waals surface area contributed by atoms with Gasteiger partial charge in [-0.15, -0.1) is 0 Å². The zero-order valence-corrected chi connectivity index (χ0v) is 9.55. The molecule has 0 amide bonds. The van der Waals surface area contributed by atoms with Crippen molar-refractivity contribution in [3.05, 3.63) is 46.7 Å². The van der Waals surface area contributed by atoms with E-state index in [0.29, 0.717) is 12.4 Å². The van der Waals surface area contributed by atoms with Crippen molar-refractivity contribution in [2.75, 3.05) is 0 Å². The second-order valence-corrected chi connectivity index (χ2v) is 4.06. The highest BCUT2D eigenvalue weighted by atomic mass is 79.9. The standard InChI is InChI=1S/C10H10BrN3O/c11-9-3-8(4-12-5-9)6-14-2-1-13-10(14)7-15/h1-5,15H,6-7H2. The molecule has 0 saturated heterocycles. The van der Waals surface area contributed by atoms with Crippen LogP contribution in [0.1, 0.15) is 11.4 Å². The molecule has 2 aromatic rings. The molecule has 0 radical (unpaired) electrons. The highest BCUT2D eigenvalue weighted by Crippen LogP contribution is 2.11. The predicted octanol–water partition coefficient (Wildman–Crippen LogP) is 1.58. The first kappa shape index (κ1) is 10.3. The van der Waals surface area contributed by atoms with E-state index in [0.717, 1.165) is 10.0 Å². The Morgan fingerprint density at radius 2 is 2.27 bits per heavy atom. The lowest BCUT2D eigenvalue weighted by atomic mass is 10.3. The van der Waals surface area contributed by atoms with Gasteiger partial charge in [-0.05, 0) is 27.6 Å². The Hall–Kier alpha value is -1.20. The smallest absolute Gasteiger partial charge is 0.134 e. The Bertz CT molecular complexity index is 455. The van der Waals surface area contributed by atoms with Crippen molar-refractivity contribution >= 4 is 15.9 Å². The van der Waals surface area contributed by atoms with Crippen molar-refractivity contribution in [1.29, 1.82) is 0 Å². The molecule has 0 fully saturated rings. The third-order valence-corrected chi connectivity index (χ3v) is 2.49. The Kier molecular flexibility index (Phi) is 3.13. The van der Waals surface area contributed by atoms with E-state index in [4.69, 9.17) is 5.11 Å². The number of aliphatic hydroxyl groups is 1. The minimum atomic E-state index is -0.0472. The van der Waals surface area contributed by atoms with Crippen LogP contribution in [0.25, 0.3) is 0 Å². The maximum Gasteiger partial charge on any atom is 0.134 e. The van der Waals surface area contributed by atoms with E-state index in [1.165, 1.54) is 0 Å². The van der Waals surface area contributed by atoms with Crippen LogP contribution < -0.4 is 0 Å². The van der Waals surface area contributed by atoms with Crippen LogP contribution in [0.15, 0.2) is 35.3 Å². The molecule has 4 nitrogen and oxygen atoms in total. The van der Waals surface area contributed by atoms with Gasteiger partial charge in [-0.3, -0.25) is 4.98 Å². The van der Waals surface area contributed by atoms with E-state index in [2.05, 4.69) is 25.9 Å². The van der Waals surface area contributed by atoms with Gasteiger partial charge in [0, 0.05) is 29.3 Å². The molecular formula is C10H10BrN3O. The molecule has 2 heterocycles. The maximum atomic E-state index is 9.03. The first-order chi connectivity index (χ1) is 7.29. The van der Waals surface area contributed by atoms with Crippen LogP contribution in [0.3, 0.4) is 0 Å². The van der Waals surface area contributed by atoms with Gasteiger partial charge in [0.15, 0.2) is 0 Å². The Labute approximate surface area is 95.7 Å². The van der Waals surface area contributed by atoms with Crippen molar-refractivity contribution in [1.82, 2.24) is 14.5 Å². The van der Waals surface area contributed by atoms with Crippen LogP contribution in [0.4, 0.5) is 0 Å². The molecule has 0 atom stereocenters. The summed E-state index contributed by atoms with van der Waals surface area (Å²) in [4.78, 5) is 8.11. The number of aliphatic hydroxyl groups excluding tert-OH is 1. The average Bonchev–Trinajstić information content (AvgIpc) is 2.65. The summed E-state index contributed by atoms with van der Waals surface area (Å²) in [6.07, 6.45) is 7.06. The average molecular weight is 268 g/mol. The summed E-state index contributed by atoms with van der Waals surface area (Å²) in [5, 5.41) is 9.03. The molecule has 0 bridgehead atoms. The van der Waals surface area contributed by atoms with Crippen molar-refractivity contribution in [3.8, 4) is 0 Å². The van der Waals surface area contributed by atoms with Crippen LogP contribution in [-0.2, 0) is 13.2 Å². The van der Waals surface area contributed by atoms with E-state index < -0.39 is 0 Å². The highest BCUT2D eigenvalue weighted by molar-refractivity contribution is 9.10.